The molecule has 1 atom stereocenters. The van der Waals surface area contributed by atoms with Gasteiger partial charge < -0.3 is 15.2 Å². The average molecular weight is 285 g/mol. The fraction of sp³-hybridized carbons (Fsp3) is 0.471. The number of carbonyl (C=O) groups is 1. The first-order valence-electron chi connectivity index (χ1n) is 7.62. The maximum absolute atomic E-state index is 12.4. The van der Waals surface area contributed by atoms with Crippen LogP contribution in [0, 0.1) is 13.8 Å². The monoisotopic (exact) mass is 285 g/mol. The SMILES string of the molecule is Cc1cc(C)c2cc(C(=O)N[C@@H]3CCCN(C)C3)[nH]c2c1. The van der Waals surface area contributed by atoms with Crippen molar-refractivity contribution in [1.29, 1.82) is 0 Å². The lowest BCUT2D eigenvalue weighted by molar-refractivity contribution is 0.0908. The van der Waals surface area contributed by atoms with Crippen molar-refractivity contribution in [2.45, 2.75) is 32.7 Å². The van der Waals surface area contributed by atoms with Gasteiger partial charge in [0.05, 0.1) is 0 Å². The summed E-state index contributed by atoms with van der Waals surface area (Å²) in [7, 11) is 2.10. The summed E-state index contributed by atoms with van der Waals surface area (Å²) in [5.41, 5.74) is 4.12. The number of fused-ring (bicyclic) bond motifs is 1. The number of hydrogen-bond acceptors (Lipinski definition) is 2. The number of hydrogen-bond donors (Lipinski definition) is 2. The Morgan fingerprint density at radius 3 is 2.90 bits per heavy atom. The van der Waals surface area contributed by atoms with Crippen molar-refractivity contribution in [2.75, 3.05) is 20.1 Å². The van der Waals surface area contributed by atoms with Gasteiger partial charge in [0.25, 0.3) is 5.91 Å². The highest BCUT2D eigenvalue weighted by molar-refractivity contribution is 5.99. The normalized spacial score (nSPS) is 19.9. The van der Waals surface area contributed by atoms with E-state index in [9.17, 15) is 4.79 Å². The van der Waals surface area contributed by atoms with E-state index in [-0.39, 0.29) is 11.9 Å². The first-order valence-corrected chi connectivity index (χ1v) is 7.62. The minimum atomic E-state index is 0.00329. The number of aromatic nitrogens is 1. The molecular weight excluding hydrogens is 262 g/mol. The van der Waals surface area contributed by atoms with Gasteiger partial charge in [-0.25, -0.2) is 0 Å². The van der Waals surface area contributed by atoms with Gasteiger partial charge in [-0.3, -0.25) is 4.79 Å². The van der Waals surface area contributed by atoms with Crippen LogP contribution in [0.1, 0.15) is 34.5 Å². The van der Waals surface area contributed by atoms with Gasteiger partial charge in [0.1, 0.15) is 5.69 Å². The number of H-pyrrole nitrogens is 1. The third-order valence-corrected chi connectivity index (χ3v) is 4.29. The maximum atomic E-state index is 12.4. The second-order valence-electron chi connectivity index (χ2n) is 6.30. The fourth-order valence-corrected chi connectivity index (χ4v) is 3.27. The summed E-state index contributed by atoms with van der Waals surface area (Å²) in [5, 5.41) is 4.28. The minimum Gasteiger partial charge on any atom is -0.351 e. The topological polar surface area (TPSA) is 48.1 Å². The number of aryl methyl sites for hydroxylation is 2. The standard InChI is InChI=1S/C17H23N3O/c1-11-7-12(2)14-9-16(19-15(14)8-11)17(21)18-13-5-4-6-20(3)10-13/h7-9,13,19H,4-6,10H2,1-3H3,(H,18,21)/t13-/m1/s1. The lowest BCUT2D eigenvalue weighted by Gasteiger charge is -2.30. The van der Waals surface area contributed by atoms with Crippen LogP contribution in [0.5, 0.6) is 0 Å². The van der Waals surface area contributed by atoms with Crippen LogP contribution in [-0.2, 0) is 0 Å². The molecule has 1 saturated heterocycles. The van der Waals surface area contributed by atoms with Gasteiger partial charge in [-0.05, 0) is 63.5 Å². The van der Waals surface area contributed by atoms with Crippen molar-refractivity contribution in [3.05, 3.63) is 35.0 Å². The van der Waals surface area contributed by atoms with Gasteiger partial charge in [0.2, 0.25) is 0 Å². The number of rotatable bonds is 2. The number of nitrogens with zero attached hydrogens (tertiary/aromatic N) is 1. The molecule has 1 aromatic heterocycles. The Labute approximate surface area is 125 Å². The predicted molar refractivity (Wildman–Crippen MR) is 85.8 cm³/mol. The van der Waals surface area contributed by atoms with E-state index >= 15 is 0 Å². The molecule has 4 nitrogen and oxygen atoms in total. The molecule has 0 aliphatic carbocycles. The molecule has 0 radical (unpaired) electrons. The number of carbonyl (C=O) groups excluding carboxylic acids is 1. The summed E-state index contributed by atoms with van der Waals surface area (Å²) in [6, 6.07) is 6.46. The molecule has 4 heteroatoms. The Morgan fingerprint density at radius 1 is 1.33 bits per heavy atom. The predicted octanol–water partition coefficient (Wildman–Crippen LogP) is 2.61. The van der Waals surface area contributed by atoms with Crippen LogP contribution in [0.4, 0.5) is 0 Å². The van der Waals surface area contributed by atoms with Crippen LogP contribution < -0.4 is 5.32 Å². The smallest absolute Gasteiger partial charge is 0.267 e. The molecule has 0 bridgehead atoms. The molecule has 112 valence electrons. The number of aromatic amines is 1. The second-order valence-corrected chi connectivity index (χ2v) is 6.30. The van der Waals surface area contributed by atoms with Gasteiger partial charge in [-0.1, -0.05) is 6.07 Å². The molecule has 0 spiro atoms. The van der Waals surface area contributed by atoms with Crippen molar-refractivity contribution in [2.24, 2.45) is 0 Å². The highest BCUT2D eigenvalue weighted by atomic mass is 16.1. The molecule has 3 rings (SSSR count). The molecule has 1 amide bonds. The Kier molecular flexibility index (Phi) is 3.72. The zero-order valence-corrected chi connectivity index (χ0v) is 13.0. The van der Waals surface area contributed by atoms with Crippen LogP contribution in [-0.4, -0.2) is 42.0 Å². The zero-order valence-electron chi connectivity index (χ0n) is 13.0. The van der Waals surface area contributed by atoms with E-state index in [1.807, 2.05) is 6.07 Å². The first kappa shape index (κ1) is 14.1. The van der Waals surface area contributed by atoms with Gasteiger partial charge in [-0.2, -0.15) is 0 Å². The zero-order chi connectivity index (χ0) is 15.0. The van der Waals surface area contributed by atoms with Crippen molar-refractivity contribution in [3.8, 4) is 0 Å². The number of likely N-dealkylation sites (N-methyl/N-ethyl adjacent to an activating group) is 1. The van der Waals surface area contributed by atoms with Crippen molar-refractivity contribution < 1.29 is 4.79 Å². The number of piperidine rings is 1. The van der Waals surface area contributed by atoms with E-state index in [1.54, 1.807) is 0 Å². The van der Waals surface area contributed by atoms with E-state index in [0.29, 0.717) is 5.69 Å². The van der Waals surface area contributed by atoms with Crippen molar-refractivity contribution in [3.63, 3.8) is 0 Å². The molecule has 2 N–H and O–H groups in total. The third kappa shape index (κ3) is 2.95. The van der Waals surface area contributed by atoms with Crippen LogP contribution in [0.3, 0.4) is 0 Å². The van der Waals surface area contributed by atoms with E-state index in [2.05, 4.69) is 48.2 Å². The molecule has 1 aliphatic heterocycles. The number of nitrogens with one attached hydrogen (secondary N) is 2. The van der Waals surface area contributed by atoms with Crippen LogP contribution in [0.2, 0.25) is 0 Å². The van der Waals surface area contributed by atoms with Crippen LogP contribution in [0.15, 0.2) is 18.2 Å². The molecule has 1 aliphatic rings. The lowest BCUT2D eigenvalue weighted by Crippen LogP contribution is -2.46. The largest absolute Gasteiger partial charge is 0.351 e. The summed E-state index contributed by atoms with van der Waals surface area (Å²) in [6.45, 7) is 6.22. The molecular formula is C17H23N3O. The minimum absolute atomic E-state index is 0.00329. The van der Waals surface area contributed by atoms with Crippen LogP contribution in [0.25, 0.3) is 10.9 Å². The lowest BCUT2D eigenvalue weighted by atomic mass is 10.1. The maximum Gasteiger partial charge on any atom is 0.267 e. The average Bonchev–Trinajstić information content (AvgIpc) is 2.83. The number of likely N-dealkylation sites (tertiary alicyclic amines) is 1. The van der Waals surface area contributed by atoms with Crippen molar-refractivity contribution >= 4 is 16.8 Å². The Balaban J connectivity index is 1.80. The quantitative estimate of drug-likeness (QED) is 0.891. The fourth-order valence-electron chi connectivity index (χ4n) is 3.27. The number of benzene rings is 1. The van der Waals surface area contributed by atoms with E-state index in [4.69, 9.17) is 0 Å². The summed E-state index contributed by atoms with van der Waals surface area (Å²) < 4.78 is 0. The van der Waals surface area contributed by atoms with E-state index < -0.39 is 0 Å². The van der Waals surface area contributed by atoms with Gasteiger partial charge in [-0.15, -0.1) is 0 Å². The molecule has 1 fully saturated rings. The molecule has 2 aromatic rings. The van der Waals surface area contributed by atoms with E-state index in [1.165, 1.54) is 11.1 Å². The first-order chi connectivity index (χ1) is 10.0. The van der Waals surface area contributed by atoms with Gasteiger partial charge in [0, 0.05) is 23.5 Å². The highest BCUT2D eigenvalue weighted by Crippen LogP contribution is 2.21. The Bertz CT molecular complexity index is 674. The van der Waals surface area contributed by atoms with Gasteiger partial charge >= 0.3 is 0 Å². The molecule has 1 aromatic carbocycles. The summed E-state index contributed by atoms with van der Waals surface area (Å²) in [5.74, 6) is 0.00329. The number of amides is 1. The van der Waals surface area contributed by atoms with E-state index in [0.717, 1.165) is 36.8 Å². The summed E-state index contributed by atoms with van der Waals surface area (Å²) in [6.07, 6.45) is 2.21. The summed E-state index contributed by atoms with van der Waals surface area (Å²) in [4.78, 5) is 17.9. The molecule has 21 heavy (non-hydrogen) atoms. The third-order valence-electron chi connectivity index (χ3n) is 4.29. The summed E-state index contributed by atoms with van der Waals surface area (Å²) >= 11 is 0. The molecule has 0 saturated carbocycles. The Morgan fingerprint density at radius 2 is 2.14 bits per heavy atom. The second kappa shape index (κ2) is 5.53. The highest BCUT2D eigenvalue weighted by Gasteiger charge is 2.20. The van der Waals surface area contributed by atoms with Crippen molar-refractivity contribution in [1.82, 2.24) is 15.2 Å². The van der Waals surface area contributed by atoms with Gasteiger partial charge in [0.15, 0.2) is 0 Å². The molecule has 0 unspecified atom stereocenters. The van der Waals surface area contributed by atoms with Crippen LogP contribution >= 0.6 is 0 Å². The Hall–Kier alpha value is -1.81. The molecule has 2 heterocycles.